The van der Waals surface area contributed by atoms with Crippen LogP contribution in [0.2, 0.25) is 0 Å². The van der Waals surface area contributed by atoms with Gasteiger partial charge in [0, 0.05) is 17.6 Å². The minimum Gasteiger partial charge on any atom is -0.467 e. The molecule has 6 nitrogen and oxygen atoms in total. The van der Waals surface area contributed by atoms with Crippen molar-refractivity contribution >= 4 is 27.8 Å². The van der Waals surface area contributed by atoms with Gasteiger partial charge in [0.15, 0.2) is 0 Å². The summed E-state index contributed by atoms with van der Waals surface area (Å²) in [5.74, 6) is 0.980. The second-order valence-corrected chi connectivity index (χ2v) is 4.90. The van der Waals surface area contributed by atoms with Crippen LogP contribution in [0.25, 0.3) is 0 Å². The van der Waals surface area contributed by atoms with Crippen LogP contribution in [0.1, 0.15) is 12.5 Å². The number of aromatic nitrogens is 3. The largest absolute Gasteiger partial charge is 0.467 e. The Labute approximate surface area is 126 Å². The van der Waals surface area contributed by atoms with Crippen molar-refractivity contribution < 1.29 is 4.74 Å². The summed E-state index contributed by atoms with van der Waals surface area (Å²) in [7, 11) is 1.53. The zero-order valence-corrected chi connectivity index (χ0v) is 12.9. The number of benzene rings is 1. The first-order valence-corrected chi connectivity index (χ1v) is 7.03. The Morgan fingerprint density at radius 1 is 1.05 bits per heavy atom. The van der Waals surface area contributed by atoms with Gasteiger partial charge in [-0.2, -0.15) is 15.0 Å². The average Bonchev–Trinajstić information content (AvgIpc) is 2.47. The number of rotatable bonds is 6. The Morgan fingerprint density at radius 2 is 1.70 bits per heavy atom. The van der Waals surface area contributed by atoms with E-state index in [-0.39, 0.29) is 6.01 Å². The fourth-order valence-electron chi connectivity index (χ4n) is 1.55. The van der Waals surface area contributed by atoms with Gasteiger partial charge in [-0.1, -0.05) is 28.1 Å². The first kappa shape index (κ1) is 14.5. The lowest BCUT2D eigenvalue weighted by Crippen LogP contribution is -2.09. The maximum Gasteiger partial charge on any atom is 0.322 e. The van der Waals surface area contributed by atoms with Crippen LogP contribution in [0.5, 0.6) is 6.01 Å². The van der Waals surface area contributed by atoms with E-state index in [2.05, 4.69) is 41.5 Å². The molecule has 2 N–H and O–H groups in total. The van der Waals surface area contributed by atoms with Crippen LogP contribution in [-0.2, 0) is 6.54 Å². The molecule has 2 rings (SSSR count). The fourth-order valence-corrected chi connectivity index (χ4v) is 1.81. The molecule has 1 aromatic heterocycles. The third-order valence-electron chi connectivity index (χ3n) is 2.50. The Balaban J connectivity index is 2.07. The Kier molecular flexibility index (Phi) is 5.11. The fraction of sp³-hybridized carbons (Fsp3) is 0.308. The zero-order chi connectivity index (χ0) is 14.4. The lowest BCUT2D eigenvalue weighted by atomic mass is 10.2. The Bertz CT molecular complexity index is 561. The maximum atomic E-state index is 5.06. The summed E-state index contributed by atoms with van der Waals surface area (Å²) in [6.45, 7) is 3.34. The van der Waals surface area contributed by atoms with Gasteiger partial charge in [0.2, 0.25) is 11.9 Å². The van der Waals surface area contributed by atoms with Crippen molar-refractivity contribution in [3.05, 3.63) is 34.3 Å². The minimum absolute atomic E-state index is 0.286. The lowest BCUT2D eigenvalue weighted by Gasteiger charge is -2.08. The van der Waals surface area contributed by atoms with Gasteiger partial charge in [0.25, 0.3) is 0 Å². The first-order chi connectivity index (χ1) is 9.71. The van der Waals surface area contributed by atoms with Gasteiger partial charge < -0.3 is 15.4 Å². The zero-order valence-electron chi connectivity index (χ0n) is 11.4. The monoisotopic (exact) mass is 337 g/mol. The quantitative estimate of drug-likeness (QED) is 0.844. The molecule has 0 radical (unpaired) electrons. The van der Waals surface area contributed by atoms with E-state index >= 15 is 0 Å². The molecule has 2 aromatic rings. The molecule has 0 spiro atoms. The summed E-state index contributed by atoms with van der Waals surface area (Å²) >= 11 is 3.41. The van der Waals surface area contributed by atoms with E-state index in [0.29, 0.717) is 18.4 Å². The van der Waals surface area contributed by atoms with E-state index in [1.54, 1.807) is 0 Å². The van der Waals surface area contributed by atoms with Crippen LogP contribution in [0.4, 0.5) is 11.9 Å². The number of ether oxygens (including phenoxy) is 1. The normalized spacial score (nSPS) is 10.2. The lowest BCUT2D eigenvalue weighted by molar-refractivity contribution is 0.379. The van der Waals surface area contributed by atoms with E-state index in [1.807, 2.05) is 31.2 Å². The molecular weight excluding hydrogens is 322 g/mol. The molecule has 0 saturated heterocycles. The molecule has 20 heavy (non-hydrogen) atoms. The standard InChI is InChI=1S/C13H16BrN5O/c1-3-15-11-17-12(19-13(18-11)20-2)16-8-9-4-6-10(14)7-5-9/h4-7H,3,8H2,1-2H3,(H2,15,16,17,18,19). The Morgan fingerprint density at radius 3 is 2.30 bits per heavy atom. The first-order valence-electron chi connectivity index (χ1n) is 6.23. The van der Waals surface area contributed by atoms with Crippen molar-refractivity contribution in [2.75, 3.05) is 24.3 Å². The van der Waals surface area contributed by atoms with Crippen molar-refractivity contribution in [1.29, 1.82) is 0 Å². The predicted molar refractivity (Wildman–Crippen MR) is 82.0 cm³/mol. The molecule has 0 saturated carbocycles. The SMILES string of the molecule is CCNc1nc(NCc2ccc(Br)cc2)nc(OC)n1. The molecular formula is C13H16BrN5O. The van der Waals surface area contributed by atoms with Gasteiger partial charge in [0.1, 0.15) is 0 Å². The van der Waals surface area contributed by atoms with E-state index < -0.39 is 0 Å². The van der Waals surface area contributed by atoms with Crippen LogP contribution >= 0.6 is 15.9 Å². The number of hydrogen-bond donors (Lipinski definition) is 2. The molecule has 0 bridgehead atoms. The molecule has 0 fully saturated rings. The molecule has 106 valence electrons. The third-order valence-corrected chi connectivity index (χ3v) is 3.02. The number of methoxy groups -OCH3 is 1. The van der Waals surface area contributed by atoms with Crippen molar-refractivity contribution in [3.8, 4) is 6.01 Å². The van der Waals surface area contributed by atoms with E-state index in [9.17, 15) is 0 Å². The molecule has 7 heteroatoms. The Hall–Kier alpha value is -1.89. The van der Waals surface area contributed by atoms with Crippen LogP contribution in [-0.4, -0.2) is 28.6 Å². The highest BCUT2D eigenvalue weighted by Crippen LogP contribution is 2.13. The average molecular weight is 338 g/mol. The summed E-state index contributed by atoms with van der Waals surface area (Å²) in [4.78, 5) is 12.5. The van der Waals surface area contributed by atoms with E-state index in [0.717, 1.165) is 16.6 Å². The summed E-state index contributed by atoms with van der Waals surface area (Å²) in [5, 5.41) is 6.20. The number of nitrogens with one attached hydrogen (secondary N) is 2. The summed E-state index contributed by atoms with van der Waals surface area (Å²) < 4.78 is 6.11. The van der Waals surface area contributed by atoms with Gasteiger partial charge >= 0.3 is 6.01 Å². The highest BCUT2D eigenvalue weighted by molar-refractivity contribution is 9.10. The molecule has 1 heterocycles. The van der Waals surface area contributed by atoms with Gasteiger partial charge in [-0.15, -0.1) is 0 Å². The summed E-state index contributed by atoms with van der Waals surface area (Å²) in [6.07, 6.45) is 0. The van der Waals surface area contributed by atoms with Crippen LogP contribution in [0.15, 0.2) is 28.7 Å². The third kappa shape index (κ3) is 4.06. The maximum absolute atomic E-state index is 5.06. The number of halogens is 1. The molecule has 0 aliphatic carbocycles. The van der Waals surface area contributed by atoms with E-state index in [4.69, 9.17) is 4.74 Å². The van der Waals surface area contributed by atoms with Crippen molar-refractivity contribution in [3.63, 3.8) is 0 Å². The van der Waals surface area contributed by atoms with E-state index in [1.165, 1.54) is 7.11 Å². The number of hydrogen-bond acceptors (Lipinski definition) is 6. The molecule has 0 aliphatic rings. The molecule has 1 aromatic carbocycles. The minimum atomic E-state index is 0.286. The highest BCUT2D eigenvalue weighted by Gasteiger charge is 2.05. The van der Waals surface area contributed by atoms with Crippen molar-refractivity contribution in [2.45, 2.75) is 13.5 Å². The molecule has 0 atom stereocenters. The number of nitrogens with zero attached hydrogens (tertiary/aromatic N) is 3. The van der Waals surface area contributed by atoms with Crippen LogP contribution in [0, 0.1) is 0 Å². The predicted octanol–water partition coefficient (Wildman–Crippen LogP) is 2.69. The molecule has 0 amide bonds. The second-order valence-electron chi connectivity index (χ2n) is 3.98. The van der Waals surface area contributed by atoms with Gasteiger partial charge in [-0.3, -0.25) is 0 Å². The van der Waals surface area contributed by atoms with Gasteiger partial charge in [-0.05, 0) is 24.6 Å². The molecule has 0 unspecified atom stereocenters. The molecule has 0 aliphatic heterocycles. The van der Waals surface area contributed by atoms with Gasteiger partial charge in [-0.25, -0.2) is 0 Å². The highest BCUT2D eigenvalue weighted by atomic mass is 79.9. The van der Waals surface area contributed by atoms with Crippen molar-refractivity contribution in [2.24, 2.45) is 0 Å². The van der Waals surface area contributed by atoms with Crippen LogP contribution < -0.4 is 15.4 Å². The van der Waals surface area contributed by atoms with Crippen molar-refractivity contribution in [1.82, 2.24) is 15.0 Å². The number of anilines is 2. The van der Waals surface area contributed by atoms with Crippen LogP contribution in [0.3, 0.4) is 0 Å². The summed E-state index contributed by atoms with van der Waals surface area (Å²) in [6, 6.07) is 8.33. The van der Waals surface area contributed by atoms with Gasteiger partial charge in [0.05, 0.1) is 7.11 Å². The second kappa shape index (κ2) is 7.04. The summed E-state index contributed by atoms with van der Waals surface area (Å²) in [5.41, 5.74) is 1.14. The smallest absolute Gasteiger partial charge is 0.322 e. The topological polar surface area (TPSA) is 72.0 Å².